The highest BCUT2D eigenvalue weighted by molar-refractivity contribution is 4.97. The molecule has 1 atom stereocenters. The zero-order valence-electron chi connectivity index (χ0n) is 8.78. The van der Waals surface area contributed by atoms with Crippen LogP contribution in [0.3, 0.4) is 0 Å². The smallest absolute Gasteiger partial charge is 0.167 e. The summed E-state index contributed by atoms with van der Waals surface area (Å²) in [6.07, 6.45) is 3.46. The number of aromatic amines is 2. The highest BCUT2D eigenvalue weighted by atomic mass is 15.2. The molecular weight excluding hydrogens is 192 g/mol. The molecule has 1 unspecified atom stereocenters. The van der Waals surface area contributed by atoms with E-state index in [4.69, 9.17) is 0 Å². The first-order valence-corrected chi connectivity index (χ1v) is 4.85. The van der Waals surface area contributed by atoms with Gasteiger partial charge in [0.25, 0.3) is 0 Å². The summed E-state index contributed by atoms with van der Waals surface area (Å²) in [5.41, 5.74) is 1.05. The molecule has 2 aromatic rings. The second-order valence-electron chi connectivity index (χ2n) is 3.46. The summed E-state index contributed by atoms with van der Waals surface area (Å²) in [5, 5.41) is 10.2. The molecule has 0 radical (unpaired) electrons. The van der Waals surface area contributed by atoms with Crippen LogP contribution in [0.15, 0.2) is 12.5 Å². The Morgan fingerprint density at radius 1 is 1.53 bits per heavy atom. The maximum atomic E-state index is 4.26. The quantitative estimate of drug-likeness (QED) is 0.687. The molecule has 6 heteroatoms. The summed E-state index contributed by atoms with van der Waals surface area (Å²) in [7, 11) is 0. The molecule has 0 aliphatic heterocycles. The molecule has 0 aliphatic rings. The molecule has 0 aromatic carbocycles. The Morgan fingerprint density at radius 3 is 3.00 bits per heavy atom. The van der Waals surface area contributed by atoms with Crippen molar-refractivity contribution in [2.75, 3.05) is 0 Å². The molecule has 3 N–H and O–H groups in total. The van der Waals surface area contributed by atoms with Gasteiger partial charge in [0.2, 0.25) is 0 Å². The number of hydrogen-bond acceptors (Lipinski definition) is 4. The third kappa shape index (κ3) is 2.41. The Kier molecular flexibility index (Phi) is 2.77. The number of nitrogens with one attached hydrogen (secondary N) is 3. The molecule has 2 aromatic heterocycles. The van der Waals surface area contributed by atoms with Crippen LogP contribution >= 0.6 is 0 Å². The first-order chi connectivity index (χ1) is 7.25. The first kappa shape index (κ1) is 9.85. The molecule has 80 valence electrons. The number of H-pyrrole nitrogens is 2. The van der Waals surface area contributed by atoms with Crippen LogP contribution in [0.2, 0.25) is 0 Å². The van der Waals surface area contributed by atoms with Crippen LogP contribution in [0.5, 0.6) is 0 Å². The van der Waals surface area contributed by atoms with Gasteiger partial charge in [0.1, 0.15) is 5.82 Å². The lowest BCUT2D eigenvalue weighted by molar-refractivity contribution is 0.543. The van der Waals surface area contributed by atoms with Gasteiger partial charge in [-0.15, -0.1) is 0 Å². The van der Waals surface area contributed by atoms with E-state index >= 15 is 0 Å². The van der Waals surface area contributed by atoms with Crippen LogP contribution in [-0.2, 0) is 6.54 Å². The van der Waals surface area contributed by atoms with Crippen LogP contribution in [-0.4, -0.2) is 25.1 Å². The van der Waals surface area contributed by atoms with Crippen LogP contribution in [0.4, 0.5) is 0 Å². The Bertz CT molecular complexity index is 404. The van der Waals surface area contributed by atoms with Crippen LogP contribution in [0, 0.1) is 6.92 Å². The predicted octanol–water partition coefficient (Wildman–Crippen LogP) is 0.687. The lowest BCUT2D eigenvalue weighted by Gasteiger charge is -2.08. The maximum absolute atomic E-state index is 4.26. The molecule has 6 nitrogen and oxygen atoms in total. The lowest BCUT2D eigenvalue weighted by Crippen LogP contribution is -2.19. The SMILES string of the molecule is Cc1nc(C(C)NCc2cnc[nH]2)n[nH]1. The molecule has 0 saturated heterocycles. The van der Waals surface area contributed by atoms with Crippen molar-refractivity contribution in [2.45, 2.75) is 26.4 Å². The highest BCUT2D eigenvalue weighted by Gasteiger charge is 2.09. The predicted molar refractivity (Wildman–Crippen MR) is 55.0 cm³/mol. The molecule has 2 heterocycles. The minimum absolute atomic E-state index is 0.123. The van der Waals surface area contributed by atoms with Crippen LogP contribution in [0.1, 0.15) is 30.3 Å². The molecule has 2 rings (SSSR count). The molecule has 0 saturated carbocycles. The number of hydrogen-bond donors (Lipinski definition) is 3. The summed E-state index contributed by atoms with van der Waals surface area (Å²) < 4.78 is 0. The minimum Gasteiger partial charge on any atom is -0.347 e. The fourth-order valence-electron chi connectivity index (χ4n) is 1.29. The van der Waals surface area contributed by atoms with E-state index in [0.717, 1.165) is 23.9 Å². The highest BCUT2D eigenvalue weighted by Crippen LogP contribution is 2.06. The van der Waals surface area contributed by atoms with Crippen molar-refractivity contribution in [3.8, 4) is 0 Å². The number of aromatic nitrogens is 5. The lowest BCUT2D eigenvalue weighted by atomic mass is 10.3. The Hall–Kier alpha value is -1.69. The standard InChI is InChI=1S/C9H14N6/c1-6(9-13-7(2)14-15-9)11-4-8-3-10-5-12-8/h3,5-6,11H,4H2,1-2H3,(H,10,12)(H,13,14,15). The Labute approximate surface area is 87.5 Å². The molecule has 0 spiro atoms. The topological polar surface area (TPSA) is 82.3 Å². The van der Waals surface area contributed by atoms with E-state index in [2.05, 4.69) is 30.5 Å². The van der Waals surface area contributed by atoms with E-state index in [1.165, 1.54) is 0 Å². The Balaban J connectivity index is 1.90. The average Bonchev–Trinajstić information content (AvgIpc) is 2.84. The molecule has 0 bridgehead atoms. The monoisotopic (exact) mass is 206 g/mol. The largest absolute Gasteiger partial charge is 0.347 e. The van der Waals surface area contributed by atoms with Gasteiger partial charge in [-0.1, -0.05) is 0 Å². The van der Waals surface area contributed by atoms with Crippen molar-refractivity contribution in [3.05, 3.63) is 29.9 Å². The Morgan fingerprint density at radius 2 is 2.40 bits per heavy atom. The second-order valence-corrected chi connectivity index (χ2v) is 3.46. The van der Waals surface area contributed by atoms with Crippen molar-refractivity contribution < 1.29 is 0 Å². The van der Waals surface area contributed by atoms with Crippen molar-refractivity contribution in [1.29, 1.82) is 0 Å². The third-order valence-electron chi connectivity index (χ3n) is 2.16. The number of imidazole rings is 1. The summed E-state index contributed by atoms with van der Waals surface area (Å²) >= 11 is 0. The number of rotatable bonds is 4. The zero-order chi connectivity index (χ0) is 10.7. The van der Waals surface area contributed by atoms with Crippen LogP contribution < -0.4 is 5.32 Å². The summed E-state index contributed by atoms with van der Waals surface area (Å²) in [4.78, 5) is 11.2. The van der Waals surface area contributed by atoms with Crippen LogP contribution in [0.25, 0.3) is 0 Å². The summed E-state index contributed by atoms with van der Waals surface area (Å²) in [5.74, 6) is 1.62. The van der Waals surface area contributed by atoms with Gasteiger partial charge in [-0.25, -0.2) is 9.97 Å². The maximum Gasteiger partial charge on any atom is 0.167 e. The fraction of sp³-hybridized carbons (Fsp3) is 0.444. The second kappa shape index (κ2) is 4.22. The van der Waals surface area contributed by atoms with Gasteiger partial charge in [-0.2, -0.15) is 5.10 Å². The molecule has 0 fully saturated rings. The first-order valence-electron chi connectivity index (χ1n) is 4.85. The zero-order valence-corrected chi connectivity index (χ0v) is 8.78. The average molecular weight is 206 g/mol. The van der Waals surface area contributed by atoms with E-state index < -0.39 is 0 Å². The van der Waals surface area contributed by atoms with Gasteiger partial charge in [0, 0.05) is 18.4 Å². The van der Waals surface area contributed by atoms with Crippen molar-refractivity contribution in [3.63, 3.8) is 0 Å². The van der Waals surface area contributed by atoms with E-state index in [-0.39, 0.29) is 6.04 Å². The van der Waals surface area contributed by atoms with Crippen molar-refractivity contribution in [2.24, 2.45) is 0 Å². The summed E-state index contributed by atoms with van der Waals surface area (Å²) in [6, 6.07) is 0.123. The van der Waals surface area contributed by atoms with Crippen molar-refractivity contribution >= 4 is 0 Å². The number of aryl methyl sites for hydroxylation is 1. The van der Waals surface area contributed by atoms with Gasteiger partial charge in [-0.3, -0.25) is 5.10 Å². The van der Waals surface area contributed by atoms with Gasteiger partial charge < -0.3 is 10.3 Å². The molecule has 15 heavy (non-hydrogen) atoms. The van der Waals surface area contributed by atoms with Gasteiger partial charge in [0.15, 0.2) is 5.82 Å². The van der Waals surface area contributed by atoms with E-state index in [0.29, 0.717) is 0 Å². The van der Waals surface area contributed by atoms with E-state index in [1.54, 1.807) is 12.5 Å². The van der Waals surface area contributed by atoms with Gasteiger partial charge in [-0.05, 0) is 13.8 Å². The number of nitrogens with zero attached hydrogens (tertiary/aromatic N) is 3. The molecule has 0 amide bonds. The van der Waals surface area contributed by atoms with Gasteiger partial charge in [0.05, 0.1) is 12.4 Å². The van der Waals surface area contributed by atoms with E-state index in [1.807, 2.05) is 13.8 Å². The fourth-order valence-corrected chi connectivity index (χ4v) is 1.29. The van der Waals surface area contributed by atoms with E-state index in [9.17, 15) is 0 Å². The molecular formula is C9H14N6. The van der Waals surface area contributed by atoms with Gasteiger partial charge >= 0.3 is 0 Å². The van der Waals surface area contributed by atoms with Crippen molar-refractivity contribution in [1.82, 2.24) is 30.5 Å². The normalized spacial score (nSPS) is 12.9. The third-order valence-corrected chi connectivity index (χ3v) is 2.16. The molecule has 0 aliphatic carbocycles. The summed E-state index contributed by atoms with van der Waals surface area (Å²) in [6.45, 7) is 4.64. The minimum atomic E-state index is 0.123.